The van der Waals surface area contributed by atoms with Crippen LogP contribution in [0.15, 0.2) is 0 Å². The highest BCUT2D eigenvalue weighted by molar-refractivity contribution is 7.99. The fraction of sp³-hybridized carbons (Fsp3) is 1.00. The normalized spacial score (nSPS) is 40.4. The molecule has 4 atom stereocenters. The molecule has 0 spiro atoms. The highest BCUT2D eigenvalue weighted by Gasteiger charge is 2.30. The topological polar surface area (TPSA) is 15.3 Å². The predicted molar refractivity (Wildman–Crippen MR) is 77.7 cm³/mol. The van der Waals surface area contributed by atoms with Gasteiger partial charge in [0.1, 0.15) is 0 Å². The number of nitrogens with one attached hydrogen (secondary N) is 1. The molecule has 17 heavy (non-hydrogen) atoms. The average Bonchev–Trinajstić information content (AvgIpc) is 2.29. The molecule has 1 saturated carbocycles. The van der Waals surface area contributed by atoms with Crippen LogP contribution in [0.25, 0.3) is 0 Å². The van der Waals surface area contributed by atoms with Crippen molar-refractivity contribution in [2.75, 3.05) is 32.4 Å². The van der Waals surface area contributed by atoms with Crippen molar-refractivity contribution in [3.8, 4) is 0 Å². The second-order valence-electron chi connectivity index (χ2n) is 6.01. The molecule has 2 fully saturated rings. The zero-order valence-electron chi connectivity index (χ0n) is 11.6. The van der Waals surface area contributed by atoms with Crippen LogP contribution in [0.3, 0.4) is 0 Å². The first-order chi connectivity index (χ1) is 8.19. The lowest BCUT2D eigenvalue weighted by Crippen LogP contribution is -2.47. The molecule has 1 N–H and O–H groups in total. The molecule has 2 nitrogen and oxygen atoms in total. The van der Waals surface area contributed by atoms with E-state index >= 15 is 0 Å². The summed E-state index contributed by atoms with van der Waals surface area (Å²) in [6.07, 6.45) is 4.21. The monoisotopic (exact) mass is 256 g/mol. The lowest BCUT2D eigenvalue weighted by atomic mass is 9.78. The first-order valence-corrected chi connectivity index (χ1v) is 8.25. The molecule has 4 unspecified atom stereocenters. The summed E-state index contributed by atoms with van der Waals surface area (Å²) >= 11 is 2.13. The van der Waals surface area contributed by atoms with E-state index in [1.807, 2.05) is 0 Å². The molecule has 1 heterocycles. The summed E-state index contributed by atoms with van der Waals surface area (Å²) in [6, 6.07) is 0.760. The minimum Gasteiger partial charge on any atom is -0.317 e. The third kappa shape index (κ3) is 3.87. The van der Waals surface area contributed by atoms with Gasteiger partial charge in [-0.25, -0.2) is 0 Å². The quantitative estimate of drug-likeness (QED) is 0.835. The Kier molecular flexibility index (Phi) is 5.19. The van der Waals surface area contributed by atoms with Crippen molar-refractivity contribution < 1.29 is 0 Å². The van der Waals surface area contributed by atoms with Crippen molar-refractivity contribution in [3.05, 3.63) is 0 Å². The Labute approximate surface area is 111 Å². The molecule has 0 bridgehead atoms. The molecule has 0 radical (unpaired) electrons. The van der Waals surface area contributed by atoms with Gasteiger partial charge in [0.2, 0.25) is 0 Å². The molecule has 100 valence electrons. The number of hydrogen-bond acceptors (Lipinski definition) is 3. The van der Waals surface area contributed by atoms with Crippen molar-refractivity contribution in [2.24, 2.45) is 11.8 Å². The standard InChI is InChI=1S/C14H28N2S/c1-11-4-5-14(15-3)13(8-11)10-16-6-7-17-12(2)9-16/h11-15H,4-10H2,1-3H3. The van der Waals surface area contributed by atoms with Crippen LogP contribution in [0, 0.1) is 11.8 Å². The van der Waals surface area contributed by atoms with Crippen molar-refractivity contribution in [3.63, 3.8) is 0 Å². The summed E-state index contributed by atoms with van der Waals surface area (Å²) in [4.78, 5) is 2.70. The number of rotatable bonds is 3. The van der Waals surface area contributed by atoms with Crippen LogP contribution in [0.4, 0.5) is 0 Å². The minimum absolute atomic E-state index is 0.760. The second-order valence-corrected chi connectivity index (χ2v) is 7.56. The summed E-state index contributed by atoms with van der Waals surface area (Å²) < 4.78 is 0. The Morgan fingerprint density at radius 2 is 2.12 bits per heavy atom. The van der Waals surface area contributed by atoms with Crippen molar-refractivity contribution in [1.82, 2.24) is 10.2 Å². The van der Waals surface area contributed by atoms with Crippen LogP contribution >= 0.6 is 11.8 Å². The van der Waals surface area contributed by atoms with Gasteiger partial charge in [0, 0.05) is 36.7 Å². The Balaban J connectivity index is 1.86. The van der Waals surface area contributed by atoms with Gasteiger partial charge in [0.05, 0.1) is 0 Å². The van der Waals surface area contributed by atoms with E-state index in [4.69, 9.17) is 0 Å². The molecule has 0 amide bonds. The SMILES string of the molecule is CNC1CCC(C)CC1CN1CCSC(C)C1. The van der Waals surface area contributed by atoms with E-state index in [1.165, 1.54) is 44.6 Å². The van der Waals surface area contributed by atoms with Gasteiger partial charge < -0.3 is 10.2 Å². The Bertz CT molecular complexity index is 234. The molecule has 3 heteroatoms. The van der Waals surface area contributed by atoms with Gasteiger partial charge in [0.25, 0.3) is 0 Å². The van der Waals surface area contributed by atoms with Crippen LogP contribution in [0.2, 0.25) is 0 Å². The van der Waals surface area contributed by atoms with Crippen LogP contribution in [0.5, 0.6) is 0 Å². The third-order valence-corrected chi connectivity index (χ3v) is 5.57. The van der Waals surface area contributed by atoms with Crippen LogP contribution < -0.4 is 5.32 Å². The van der Waals surface area contributed by atoms with Crippen LogP contribution in [-0.2, 0) is 0 Å². The first-order valence-electron chi connectivity index (χ1n) is 7.20. The maximum Gasteiger partial charge on any atom is 0.0147 e. The van der Waals surface area contributed by atoms with Gasteiger partial charge in [-0.3, -0.25) is 0 Å². The fourth-order valence-corrected chi connectivity index (χ4v) is 4.55. The van der Waals surface area contributed by atoms with E-state index in [0.29, 0.717) is 0 Å². The van der Waals surface area contributed by atoms with E-state index in [0.717, 1.165) is 23.1 Å². The second kappa shape index (κ2) is 6.44. The van der Waals surface area contributed by atoms with Crippen molar-refractivity contribution in [2.45, 2.75) is 44.4 Å². The molecule has 0 aromatic carbocycles. The van der Waals surface area contributed by atoms with E-state index in [2.05, 4.69) is 42.9 Å². The molecular weight excluding hydrogens is 228 g/mol. The molecule has 1 aliphatic carbocycles. The van der Waals surface area contributed by atoms with Crippen molar-refractivity contribution in [1.29, 1.82) is 0 Å². The van der Waals surface area contributed by atoms with E-state index < -0.39 is 0 Å². The van der Waals surface area contributed by atoms with Gasteiger partial charge in [-0.2, -0.15) is 11.8 Å². The number of nitrogens with zero attached hydrogens (tertiary/aromatic N) is 1. The fourth-order valence-electron chi connectivity index (χ4n) is 3.47. The number of hydrogen-bond donors (Lipinski definition) is 1. The zero-order valence-corrected chi connectivity index (χ0v) is 12.4. The molecule has 0 aromatic rings. The summed E-state index contributed by atoms with van der Waals surface area (Å²) in [7, 11) is 2.14. The number of thioether (sulfide) groups is 1. The Hall–Kier alpha value is 0.270. The molecule has 0 aromatic heterocycles. The first kappa shape index (κ1) is 13.7. The van der Waals surface area contributed by atoms with E-state index in [9.17, 15) is 0 Å². The van der Waals surface area contributed by atoms with Gasteiger partial charge in [-0.15, -0.1) is 0 Å². The molecule has 1 aliphatic heterocycles. The van der Waals surface area contributed by atoms with Gasteiger partial charge in [-0.05, 0) is 38.1 Å². The molecule has 2 rings (SSSR count). The highest BCUT2D eigenvalue weighted by Crippen LogP contribution is 2.30. The van der Waals surface area contributed by atoms with E-state index in [-0.39, 0.29) is 0 Å². The third-order valence-electron chi connectivity index (χ3n) is 4.43. The largest absolute Gasteiger partial charge is 0.317 e. The van der Waals surface area contributed by atoms with Crippen molar-refractivity contribution >= 4 is 11.8 Å². The lowest BCUT2D eigenvalue weighted by Gasteiger charge is -2.40. The zero-order chi connectivity index (χ0) is 12.3. The molecule has 2 aliphatic rings. The van der Waals surface area contributed by atoms with Gasteiger partial charge in [-0.1, -0.05) is 13.8 Å². The lowest BCUT2D eigenvalue weighted by molar-refractivity contribution is 0.151. The maximum atomic E-state index is 3.54. The van der Waals surface area contributed by atoms with Crippen LogP contribution in [0.1, 0.15) is 33.1 Å². The predicted octanol–water partition coefficient (Wildman–Crippen LogP) is 2.45. The minimum atomic E-state index is 0.760. The molecular formula is C14H28N2S. The summed E-state index contributed by atoms with van der Waals surface area (Å²) in [5.41, 5.74) is 0. The summed E-state index contributed by atoms with van der Waals surface area (Å²) in [5, 5.41) is 4.37. The van der Waals surface area contributed by atoms with Gasteiger partial charge >= 0.3 is 0 Å². The summed E-state index contributed by atoms with van der Waals surface area (Å²) in [5.74, 6) is 3.13. The Morgan fingerprint density at radius 1 is 1.29 bits per heavy atom. The average molecular weight is 256 g/mol. The summed E-state index contributed by atoms with van der Waals surface area (Å²) in [6.45, 7) is 8.71. The van der Waals surface area contributed by atoms with Gasteiger partial charge in [0.15, 0.2) is 0 Å². The van der Waals surface area contributed by atoms with E-state index in [1.54, 1.807) is 0 Å². The maximum absolute atomic E-state index is 3.54. The Morgan fingerprint density at radius 3 is 2.82 bits per heavy atom. The van der Waals surface area contributed by atoms with Crippen LogP contribution in [-0.4, -0.2) is 48.6 Å². The highest BCUT2D eigenvalue weighted by atomic mass is 32.2. The molecule has 1 saturated heterocycles. The smallest absolute Gasteiger partial charge is 0.0147 e.